The van der Waals surface area contributed by atoms with E-state index in [1.807, 2.05) is 55.5 Å². The van der Waals surface area contributed by atoms with Crippen LogP contribution in [0.5, 0.6) is 23.0 Å². The molecule has 0 radical (unpaired) electrons. The largest absolute Gasteiger partial charge is 0.488 e. The first-order valence-electron chi connectivity index (χ1n) is 15.9. The van der Waals surface area contributed by atoms with Crippen molar-refractivity contribution in [1.82, 2.24) is 20.9 Å². The van der Waals surface area contributed by atoms with E-state index in [2.05, 4.69) is 39.7 Å². The van der Waals surface area contributed by atoms with E-state index in [1.54, 1.807) is 12.3 Å². The van der Waals surface area contributed by atoms with Gasteiger partial charge in [-0.2, -0.15) is 10.5 Å². The van der Waals surface area contributed by atoms with Crippen molar-refractivity contribution < 1.29 is 33.6 Å². The summed E-state index contributed by atoms with van der Waals surface area (Å²) in [6.07, 6.45) is 3.83. The number of carbonyl (C=O) groups is 2. The maximum absolute atomic E-state index is 10.6. The van der Waals surface area contributed by atoms with E-state index in [1.165, 1.54) is 13.2 Å². The summed E-state index contributed by atoms with van der Waals surface area (Å²) in [5.74, 6) is 1.56. The molecule has 2 heterocycles. The molecule has 0 unspecified atom stereocenters. The Morgan fingerprint density at radius 3 is 2.47 bits per heavy atom. The number of amides is 1. The minimum atomic E-state index is -1.01. The zero-order valence-corrected chi connectivity index (χ0v) is 28.3. The Bertz CT molecular complexity index is 1950. The SMILES string of the molecule is C=C(NC)C(=O)O.Cc1cc(CNCCNC=O)c(OCc2cncc(C#N)c2)cc1OCc1cccc(-c2ccc3c(c2)OCCO3)c1C#N. The molecular weight excluding hydrogens is 652 g/mol. The van der Waals surface area contributed by atoms with Crippen LogP contribution in [0, 0.1) is 29.6 Å². The molecule has 51 heavy (non-hydrogen) atoms. The number of pyridine rings is 1. The molecule has 5 rings (SSSR count). The third kappa shape index (κ3) is 10.5. The highest BCUT2D eigenvalue weighted by atomic mass is 16.6. The fraction of sp³-hybridized carbons (Fsp3) is 0.237. The second-order valence-electron chi connectivity index (χ2n) is 11.1. The predicted molar refractivity (Wildman–Crippen MR) is 188 cm³/mol. The fourth-order valence-electron chi connectivity index (χ4n) is 4.95. The van der Waals surface area contributed by atoms with E-state index in [9.17, 15) is 20.1 Å². The number of carbonyl (C=O) groups excluding carboxylic acids is 1. The number of rotatable bonds is 15. The molecule has 0 fully saturated rings. The number of hydrogen-bond acceptors (Lipinski definition) is 11. The number of benzene rings is 3. The Kier molecular flexibility index (Phi) is 13.8. The lowest BCUT2D eigenvalue weighted by molar-refractivity contribution is -0.133. The van der Waals surface area contributed by atoms with Crippen molar-refractivity contribution in [3.63, 3.8) is 0 Å². The molecule has 0 bridgehead atoms. The highest BCUT2D eigenvalue weighted by Crippen LogP contribution is 2.37. The number of ether oxygens (including phenoxy) is 4. The van der Waals surface area contributed by atoms with Crippen molar-refractivity contribution in [2.45, 2.75) is 26.7 Å². The quantitative estimate of drug-likeness (QED) is 0.0785. The van der Waals surface area contributed by atoms with Gasteiger partial charge in [0.1, 0.15) is 55.8 Å². The number of aromatic nitrogens is 1. The zero-order chi connectivity index (χ0) is 36.6. The molecule has 4 aromatic rings. The number of nitrogens with zero attached hydrogens (tertiary/aromatic N) is 3. The van der Waals surface area contributed by atoms with Crippen molar-refractivity contribution in [1.29, 1.82) is 10.5 Å². The average Bonchev–Trinajstić information content (AvgIpc) is 3.16. The molecule has 1 amide bonds. The fourth-order valence-corrected chi connectivity index (χ4v) is 4.95. The second kappa shape index (κ2) is 18.8. The van der Waals surface area contributed by atoms with Gasteiger partial charge in [0.05, 0.1) is 11.1 Å². The molecule has 0 aliphatic carbocycles. The summed E-state index contributed by atoms with van der Waals surface area (Å²) in [7, 11) is 1.51. The van der Waals surface area contributed by atoms with E-state index in [0.29, 0.717) is 73.4 Å². The summed E-state index contributed by atoms with van der Waals surface area (Å²) in [6, 6.07) is 21.4. The third-order valence-electron chi connectivity index (χ3n) is 7.58. The topological polar surface area (TPSA) is 188 Å². The summed E-state index contributed by atoms with van der Waals surface area (Å²) >= 11 is 0. The standard InChI is InChI=1S/C34H31N5O5.C4H7NO2/c1-23-11-28(19-37-7-8-38-22-40)33(43-20-25-12-24(15-35)17-39-18-25)14-32(23)44-21-27-3-2-4-29(30(27)16-36)26-5-6-31-34(13-26)42-10-9-41-31;1-3(5-2)4(6)7/h2-6,11-14,17-18,22,37H,7-10,19-21H2,1H3,(H,38,40);5H,1H2,2H3,(H,6,7). The van der Waals surface area contributed by atoms with Gasteiger partial charge in [-0.1, -0.05) is 30.8 Å². The highest BCUT2D eigenvalue weighted by Gasteiger charge is 2.17. The molecule has 1 aliphatic rings. The van der Waals surface area contributed by atoms with Crippen LogP contribution in [-0.2, 0) is 29.3 Å². The number of fused-ring (bicyclic) bond motifs is 1. The Morgan fingerprint density at radius 2 is 1.76 bits per heavy atom. The number of hydrogen-bond donors (Lipinski definition) is 4. The van der Waals surface area contributed by atoms with E-state index in [-0.39, 0.29) is 18.9 Å². The molecule has 1 aliphatic heterocycles. The number of nitriles is 2. The van der Waals surface area contributed by atoms with Crippen LogP contribution < -0.4 is 34.9 Å². The van der Waals surface area contributed by atoms with Gasteiger partial charge in [-0.3, -0.25) is 9.78 Å². The van der Waals surface area contributed by atoms with Gasteiger partial charge in [-0.15, -0.1) is 0 Å². The maximum Gasteiger partial charge on any atom is 0.351 e. The number of likely N-dealkylation sites (N-methyl/N-ethyl adjacent to an activating group) is 1. The van der Waals surface area contributed by atoms with Gasteiger partial charge in [0.2, 0.25) is 6.41 Å². The molecule has 13 heteroatoms. The molecule has 0 spiro atoms. The van der Waals surface area contributed by atoms with E-state index < -0.39 is 5.97 Å². The molecular formula is C38H38N6O7. The molecule has 0 atom stereocenters. The molecule has 0 saturated carbocycles. The number of aryl methyl sites for hydroxylation is 1. The number of aliphatic carboxylic acids is 1. The van der Waals surface area contributed by atoms with Crippen LogP contribution >= 0.6 is 0 Å². The van der Waals surface area contributed by atoms with Crippen LogP contribution in [0.25, 0.3) is 11.1 Å². The van der Waals surface area contributed by atoms with E-state index >= 15 is 0 Å². The Hall–Kier alpha value is -6.57. The summed E-state index contributed by atoms with van der Waals surface area (Å²) in [4.78, 5) is 24.4. The van der Waals surface area contributed by atoms with Gasteiger partial charge in [0.25, 0.3) is 0 Å². The Balaban J connectivity index is 0.000000755. The lowest BCUT2D eigenvalue weighted by Gasteiger charge is -2.19. The van der Waals surface area contributed by atoms with Crippen LogP contribution in [0.3, 0.4) is 0 Å². The zero-order valence-electron chi connectivity index (χ0n) is 28.3. The van der Waals surface area contributed by atoms with Gasteiger partial charge in [0.15, 0.2) is 11.5 Å². The lowest BCUT2D eigenvalue weighted by Crippen LogP contribution is -2.26. The Morgan fingerprint density at radius 1 is 0.980 bits per heavy atom. The van der Waals surface area contributed by atoms with Crippen molar-refractivity contribution in [3.8, 4) is 46.3 Å². The summed E-state index contributed by atoms with van der Waals surface area (Å²) in [5.41, 5.74) is 5.94. The highest BCUT2D eigenvalue weighted by molar-refractivity contribution is 5.84. The average molecular weight is 691 g/mol. The maximum atomic E-state index is 10.6. The molecule has 0 saturated heterocycles. The summed E-state index contributed by atoms with van der Waals surface area (Å²) in [5, 5.41) is 35.7. The van der Waals surface area contributed by atoms with Gasteiger partial charge < -0.3 is 40.0 Å². The minimum Gasteiger partial charge on any atom is -0.488 e. The summed E-state index contributed by atoms with van der Waals surface area (Å²) < 4.78 is 23.9. The molecule has 4 N–H and O–H groups in total. The molecule has 3 aromatic carbocycles. The van der Waals surface area contributed by atoms with Gasteiger partial charge in [-0.05, 0) is 47.9 Å². The van der Waals surface area contributed by atoms with Crippen molar-refractivity contribution >= 4 is 12.4 Å². The van der Waals surface area contributed by atoms with Crippen molar-refractivity contribution in [3.05, 3.63) is 113 Å². The monoisotopic (exact) mass is 690 g/mol. The molecule has 1 aromatic heterocycles. The number of nitrogens with one attached hydrogen (secondary N) is 3. The minimum absolute atomic E-state index is 0.0139. The Labute approximate surface area is 296 Å². The second-order valence-corrected chi connectivity index (χ2v) is 11.1. The van der Waals surface area contributed by atoms with Crippen LogP contribution in [-0.4, -0.2) is 55.8 Å². The lowest BCUT2D eigenvalue weighted by atomic mass is 9.96. The third-order valence-corrected chi connectivity index (χ3v) is 7.58. The number of carboxylic acid groups (broad SMARTS) is 1. The van der Waals surface area contributed by atoms with Crippen LogP contribution in [0.15, 0.2) is 79.3 Å². The van der Waals surface area contributed by atoms with E-state index in [0.717, 1.165) is 33.4 Å². The number of carboxylic acids is 1. The first kappa shape index (κ1) is 37.3. The summed E-state index contributed by atoms with van der Waals surface area (Å²) in [6.45, 7) is 8.07. The first-order chi connectivity index (χ1) is 24.8. The van der Waals surface area contributed by atoms with Crippen LogP contribution in [0.1, 0.15) is 33.4 Å². The molecule has 262 valence electrons. The van der Waals surface area contributed by atoms with E-state index in [4.69, 9.17) is 24.1 Å². The van der Waals surface area contributed by atoms with Gasteiger partial charge >= 0.3 is 5.97 Å². The van der Waals surface area contributed by atoms with Crippen LogP contribution in [0.4, 0.5) is 0 Å². The normalized spacial score (nSPS) is 11.1. The molecule has 13 nitrogen and oxygen atoms in total. The van der Waals surface area contributed by atoms with Crippen LogP contribution in [0.2, 0.25) is 0 Å². The smallest absolute Gasteiger partial charge is 0.351 e. The first-order valence-corrected chi connectivity index (χ1v) is 15.9. The van der Waals surface area contributed by atoms with Gasteiger partial charge in [0, 0.05) is 61.8 Å². The predicted octanol–water partition coefficient (Wildman–Crippen LogP) is 4.37. The van der Waals surface area contributed by atoms with Gasteiger partial charge in [-0.25, -0.2) is 4.79 Å². The van der Waals surface area contributed by atoms with Crippen molar-refractivity contribution in [2.24, 2.45) is 0 Å². The van der Waals surface area contributed by atoms with Crippen molar-refractivity contribution in [2.75, 3.05) is 33.4 Å².